The number of rotatable bonds is 7. The fourth-order valence-corrected chi connectivity index (χ4v) is 3.42. The van der Waals surface area contributed by atoms with Crippen molar-refractivity contribution in [3.8, 4) is 5.75 Å². The number of carbonyl (C=O) groups is 3. The van der Waals surface area contributed by atoms with Crippen LogP contribution in [0.25, 0.3) is 0 Å². The minimum atomic E-state index is -0.633. The van der Waals surface area contributed by atoms with Gasteiger partial charge in [0.15, 0.2) is 12.4 Å². The highest BCUT2D eigenvalue weighted by molar-refractivity contribution is 6.03. The van der Waals surface area contributed by atoms with Crippen molar-refractivity contribution in [2.75, 3.05) is 11.9 Å². The lowest BCUT2D eigenvalue weighted by Crippen LogP contribution is -2.15. The van der Waals surface area contributed by atoms with Gasteiger partial charge in [0, 0.05) is 11.3 Å². The maximum atomic E-state index is 12.6. The fourth-order valence-electron chi connectivity index (χ4n) is 3.42. The Bertz CT molecular complexity index is 1170. The smallest absolute Gasteiger partial charge is 0.342 e. The zero-order chi connectivity index (χ0) is 21.8. The molecular weight excluding hydrogens is 394 g/mol. The number of ether oxygens (including phenoxy) is 2. The molecule has 1 amide bonds. The summed E-state index contributed by atoms with van der Waals surface area (Å²) >= 11 is 0. The average molecular weight is 415 g/mol. The van der Waals surface area contributed by atoms with E-state index in [-0.39, 0.29) is 23.7 Å². The van der Waals surface area contributed by atoms with Gasteiger partial charge in [0.1, 0.15) is 17.9 Å². The number of esters is 1. The minimum Gasteiger partial charge on any atom is -0.488 e. The van der Waals surface area contributed by atoms with Crippen molar-refractivity contribution in [2.24, 2.45) is 0 Å². The number of carbonyl (C=O) groups excluding carboxylic acids is 3. The van der Waals surface area contributed by atoms with Gasteiger partial charge in [-0.25, -0.2) is 4.79 Å². The number of anilines is 1. The number of para-hydroxylation sites is 1. The van der Waals surface area contributed by atoms with Gasteiger partial charge in [0.05, 0.1) is 6.42 Å². The lowest BCUT2D eigenvalue weighted by atomic mass is 10.1. The molecule has 0 saturated heterocycles. The molecule has 1 aliphatic rings. The molecule has 0 fully saturated rings. The average Bonchev–Trinajstić information content (AvgIpc) is 3.15. The Balaban J connectivity index is 1.39. The molecule has 1 heterocycles. The second-order valence-corrected chi connectivity index (χ2v) is 7.37. The van der Waals surface area contributed by atoms with Gasteiger partial charge < -0.3 is 14.8 Å². The molecule has 1 aliphatic heterocycles. The largest absolute Gasteiger partial charge is 0.488 e. The summed E-state index contributed by atoms with van der Waals surface area (Å²) < 4.78 is 11.1. The van der Waals surface area contributed by atoms with E-state index in [1.807, 2.05) is 31.2 Å². The molecule has 0 atom stereocenters. The van der Waals surface area contributed by atoms with Gasteiger partial charge in [-0.1, -0.05) is 42.0 Å². The molecule has 0 bridgehead atoms. The van der Waals surface area contributed by atoms with Crippen LogP contribution < -0.4 is 10.1 Å². The number of aryl methyl sites for hydroxylation is 1. The van der Waals surface area contributed by atoms with Crippen molar-refractivity contribution in [2.45, 2.75) is 20.0 Å². The molecule has 1 N–H and O–H groups in total. The first-order valence-corrected chi connectivity index (χ1v) is 9.90. The molecule has 31 heavy (non-hydrogen) atoms. The predicted octanol–water partition coefficient (Wildman–Crippen LogP) is 4.11. The predicted molar refractivity (Wildman–Crippen MR) is 115 cm³/mol. The number of nitrogens with one attached hydrogen (secondary N) is 1. The van der Waals surface area contributed by atoms with E-state index in [0.29, 0.717) is 23.6 Å². The highest BCUT2D eigenvalue weighted by Crippen LogP contribution is 2.24. The van der Waals surface area contributed by atoms with Crippen molar-refractivity contribution >= 4 is 23.3 Å². The number of fused-ring (bicyclic) bond motifs is 1. The summed E-state index contributed by atoms with van der Waals surface area (Å²) in [6.45, 7) is 1.92. The van der Waals surface area contributed by atoms with Gasteiger partial charge in [-0.15, -0.1) is 0 Å². The van der Waals surface area contributed by atoms with Crippen molar-refractivity contribution in [3.05, 3.63) is 94.5 Å². The summed E-state index contributed by atoms with van der Waals surface area (Å²) in [5, 5.41) is 2.72. The second-order valence-electron chi connectivity index (χ2n) is 7.37. The lowest BCUT2D eigenvalue weighted by Gasteiger charge is -2.11. The first-order valence-electron chi connectivity index (χ1n) is 9.90. The van der Waals surface area contributed by atoms with Gasteiger partial charge in [-0.2, -0.15) is 0 Å². The minimum absolute atomic E-state index is 0.103. The Morgan fingerprint density at radius 3 is 2.68 bits per heavy atom. The van der Waals surface area contributed by atoms with Crippen LogP contribution in [0.5, 0.6) is 5.75 Å². The Morgan fingerprint density at radius 1 is 1.00 bits per heavy atom. The summed E-state index contributed by atoms with van der Waals surface area (Å²) in [5.74, 6) is -0.684. The second kappa shape index (κ2) is 8.83. The molecule has 0 spiro atoms. The lowest BCUT2D eigenvalue weighted by molar-refractivity contribution is -0.115. The van der Waals surface area contributed by atoms with E-state index in [4.69, 9.17) is 9.47 Å². The fraction of sp³-hybridized carbons (Fsp3) is 0.160. The van der Waals surface area contributed by atoms with Crippen molar-refractivity contribution < 1.29 is 23.9 Å². The number of hydrogen-bond acceptors (Lipinski definition) is 5. The molecule has 0 aromatic heterocycles. The third kappa shape index (κ3) is 4.80. The van der Waals surface area contributed by atoms with Gasteiger partial charge in [-0.05, 0) is 48.4 Å². The Kier molecular flexibility index (Phi) is 5.80. The van der Waals surface area contributed by atoms with E-state index >= 15 is 0 Å². The molecule has 4 rings (SSSR count). The third-order valence-electron chi connectivity index (χ3n) is 4.97. The van der Waals surface area contributed by atoms with E-state index in [9.17, 15) is 14.4 Å². The van der Waals surface area contributed by atoms with Crippen molar-refractivity contribution in [1.82, 2.24) is 0 Å². The summed E-state index contributed by atoms with van der Waals surface area (Å²) in [6, 6.07) is 19.6. The summed E-state index contributed by atoms with van der Waals surface area (Å²) in [4.78, 5) is 36.5. The molecule has 0 radical (unpaired) electrons. The van der Waals surface area contributed by atoms with E-state index in [1.165, 1.54) is 0 Å². The van der Waals surface area contributed by atoms with Gasteiger partial charge >= 0.3 is 5.97 Å². The maximum Gasteiger partial charge on any atom is 0.342 e. The Labute approximate surface area is 179 Å². The van der Waals surface area contributed by atoms with Crippen LogP contribution in [0.1, 0.15) is 37.4 Å². The molecule has 3 aromatic rings. The molecule has 0 saturated carbocycles. The summed E-state index contributed by atoms with van der Waals surface area (Å²) in [7, 11) is 0. The van der Waals surface area contributed by atoms with Crippen LogP contribution in [-0.4, -0.2) is 24.3 Å². The van der Waals surface area contributed by atoms with Crippen LogP contribution in [0.15, 0.2) is 66.7 Å². The van der Waals surface area contributed by atoms with Gasteiger partial charge in [0.25, 0.3) is 0 Å². The van der Waals surface area contributed by atoms with Gasteiger partial charge in [0.2, 0.25) is 5.91 Å². The summed E-state index contributed by atoms with van der Waals surface area (Å²) in [5.41, 5.74) is 4.23. The number of Topliss-reactive ketones (excluding diaryl/α,β-unsaturated/α-hetero) is 1. The van der Waals surface area contributed by atoms with E-state index in [1.54, 1.807) is 42.5 Å². The highest BCUT2D eigenvalue weighted by atomic mass is 16.5. The maximum absolute atomic E-state index is 12.6. The zero-order valence-electron chi connectivity index (χ0n) is 17.0. The van der Waals surface area contributed by atoms with Crippen molar-refractivity contribution in [3.63, 3.8) is 0 Å². The SMILES string of the molecule is Cc1cccc(COc2ccccc2C(=O)OCC(=O)c2ccc3c(c2)CC(=O)N3)c1. The van der Waals surface area contributed by atoms with Crippen LogP contribution in [0.4, 0.5) is 5.69 Å². The van der Waals surface area contributed by atoms with Gasteiger partial charge in [-0.3, -0.25) is 9.59 Å². The highest BCUT2D eigenvalue weighted by Gasteiger charge is 2.20. The molecule has 3 aromatic carbocycles. The molecule has 0 unspecified atom stereocenters. The number of hydrogen-bond donors (Lipinski definition) is 1. The topological polar surface area (TPSA) is 81.7 Å². The van der Waals surface area contributed by atoms with E-state index in [2.05, 4.69) is 5.32 Å². The first-order chi connectivity index (χ1) is 15.0. The molecule has 6 nitrogen and oxygen atoms in total. The van der Waals surface area contributed by atoms with Crippen molar-refractivity contribution in [1.29, 1.82) is 0 Å². The zero-order valence-corrected chi connectivity index (χ0v) is 17.0. The molecule has 156 valence electrons. The third-order valence-corrected chi connectivity index (χ3v) is 4.97. The normalized spacial score (nSPS) is 12.1. The quantitative estimate of drug-likeness (QED) is 0.464. The standard InChI is InChI=1S/C25H21NO5/c1-16-5-4-6-17(11-16)14-30-23-8-3-2-7-20(23)25(29)31-15-22(27)18-9-10-21-19(12-18)13-24(28)26-21/h2-12H,13-15H2,1H3,(H,26,28). The number of benzene rings is 3. The molecule has 0 aliphatic carbocycles. The summed E-state index contributed by atoms with van der Waals surface area (Å²) in [6.07, 6.45) is 0.238. The van der Waals surface area contributed by atoms with Crippen LogP contribution >= 0.6 is 0 Å². The molecular formula is C25H21NO5. The Morgan fingerprint density at radius 2 is 1.84 bits per heavy atom. The molecule has 6 heteroatoms. The van der Waals surface area contributed by atoms with Crippen LogP contribution in [-0.2, 0) is 22.6 Å². The van der Waals surface area contributed by atoms with Crippen LogP contribution in [0.2, 0.25) is 0 Å². The number of amides is 1. The monoisotopic (exact) mass is 415 g/mol. The van der Waals surface area contributed by atoms with E-state index in [0.717, 1.165) is 16.7 Å². The van der Waals surface area contributed by atoms with Crippen LogP contribution in [0, 0.1) is 6.92 Å². The Hall–Kier alpha value is -3.93. The van der Waals surface area contributed by atoms with Crippen LogP contribution in [0.3, 0.4) is 0 Å². The number of ketones is 1. The van der Waals surface area contributed by atoms with E-state index < -0.39 is 12.6 Å². The first kappa shape index (κ1) is 20.3.